The molecule has 1 aromatic rings. The molecule has 1 saturated carbocycles. The standard InChI is InChI=1S/C8H12N2.C2H6/c1-6-5-8(7-3-4-7)10(2)9-6;1-2/h5,7H,3-4H2,1-2H3;1-2H3. The molecule has 1 aliphatic rings. The maximum Gasteiger partial charge on any atom is 0.0596 e. The van der Waals surface area contributed by atoms with E-state index in [1.807, 2.05) is 32.5 Å². The molecule has 2 heteroatoms. The summed E-state index contributed by atoms with van der Waals surface area (Å²) < 4.78 is 2.01. The molecule has 2 rings (SSSR count). The Balaban J connectivity index is 0.000000336. The van der Waals surface area contributed by atoms with Crippen molar-refractivity contribution in [2.45, 2.75) is 39.5 Å². The van der Waals surface area contributed by atoms with Crippen LogP contribution in [0.1, 0.15) is 44.0 Å². The average molecular weight is 166 g/mol. The third-order valence-corrected chi connectivity index (χ3v) is 2.03. The lowest BCUT2D eigenvalue weighted by Gasteiger charge is -1.94. The van der Waals surface area contributed by atoms with Crippen LogP contribution in [-0.2, 0) is 7.05 Å². The number of aromatic nitrogens is 2. The Morgan fingerprint density at radius 2 is 2.00 bits per heavy atom. The van der Waals surface area contributed by atoms with Gasteiger partial charge in [0.15, 0.2) is 0 Å². The first-order valence-corrected chi connectivity index (χ1v) is 4.78. The summed E-state index contributed by atoms with van der Waals surface area (Å²) in [4.78, 5) is 0. The van der Waals surface area contributed by atoms with E-state index in [1.54, 1.807) is 0 Å². The van der Waals surface area contributed by atoms with Gasteiger partial charge in [-0.25, -0.2) is 0 Å². The summed E-state index contributed by atoms with van der Waals surface area (Å²) in [5.41, 5.74) is 2.56. The second kappa shape index (κ2) is 3.74. The maximum atomic E-state index is 4.29. The Bertz CT molecular complexity index is 246. The average Bonchev–Trinajstić information content (AvgIpc) is 2.83. The van der Waals surface area contributed by atoms with Gasteiger partial charge >= 0.3 is 0 Å². The van der Waals surface area contributed by atoms with Gasteiger partial charge in [0.25, 0.3) is 0 Å². The Labute approximate surface area is 74.6 Å². The molecule has 1 aliphatic carbocycles. The number of hydrogen-bond donors (Lipinski definition) is 0. The predicted octanol–water partition coefficient (Wildman–Crippen LogP) is 2.63. The van der Waals surface area contributed by atoms with Gasteiger partial charge < -0.3 is 0 Å². The smallest absolute Gasteiger partial charge is 0.0596 e. The fourth-order valence-electron chi connectivity index (χ4n) is 1.39. The summed E-state index contributed by atoms with van der Waals surface area (Å²) in [6.07, 6.45) is 2.72. The first kappa shape index (κ1) is 9.30. The molecule has 0 bridgehead atoms. The summed E-state index contributed by atoms with van der Waals surface area (Å²) in [6, 6.07) is 2.19. The van der Waals surface area contributed by atoms with Crippen molar-refractivity contribution in [3.8, 4) is 0 Å². The monoisotopic (exact) mass is 166 g/mol. The van der Waals surface area contributed by atoms with E-state index in [1.165, 1.54) is 18.5 Å². The van der Waals surface area contributed by atoms with E-state index in [0.29, 0.717) is 0 Å². The van der Waals surface area contributed by atoms with Gasteiger partial charge in [0.2, 0.25) is 0 Å². The molecule has 0 aromatic carbocycles. The predicted molar refractivity (Wildman–Crippen MR) is 51.3 cm³/mol. The SMILES string of the molecule is CC.Cc1cc(C2CC2)n(C)n1. The van der Waals surface area contributed by atoms with Gasteiger partial charge in [0.1, 0.15) is 0 Å². The minimum atomic E-state index is 0.825. The van der Waals surface area contributed by atoms with E-state index in [0.717, 1.165) is 11.6 Å². The van der Waals surface area contributed by atoms with Gasteiger partial charge in [-0.15, -0.1) is 0 Å². The van der Waals surface area contributed by atoms with Crippen molar-refractivity contribution in [2.24, 2.45) is 7.05 Å². The zero-order valence-corrected chi connectivity index (χ0v) is 8.46. The molecule has 0 amide bonds. The van der Waals surface area contributed by atoms with E-state index >= 15 is 0 Å². The molecule has 68 valence electrons. The van der Waals surface area contributed by atoms with E-state index < -0.39 is 0 Å². The van der Waals surface area contributed by atoms with Crippen LogP contribution in [0.15, 0.2) is 6.07 Å². The van der Waals surface area contributed by atoms with Crippen LogP contribution in [0, 0.1) is 6.92 Å². The first-order valence-electron chi connectivity index (χ1n) is 4.78. The van der Waals surface area contributed by atoms with Gasteiger partial charge in [0, 0.05) is 18.7 Å². The molecule has 2 nitrogen and oxygen atoms in total. The highest BCUT2D eigenvalue weighted by Gasteiger charge is 2.26. The Morgan fingerprint density at radius 3 is 2.33 bits per heavy atom. The Morgan fingerprint density at radius 1 is 1.42 bits per heavy atom. The van der Waals surface area contributed by atoms with Gasteiger partial charge in [-0.2, -0.15) is 5.10 Å². The molecular weight excluding hydrogens is 148 g/mol. The van der Waals surface area contributed by atoms with E-state index in [-0.39, 0.29) is 0 Å². The van der Waals surface area contributed by atoms with Crippen molar-refractivity contribution in [3.05, 3.63) is 17.5 Å². The van der Waals surface area contributed by atoms with Crippen LogP contribution in [0.5, 0.6) is 0 Å². The van der Waals surface area contributed by atoms with Crippen molar-refractivity contribution in [2.75, 3.05) is 0 Å². The zero-order chi connectivity index (χ0) is 9.14. The fourth-order valence-corrected chi connectivity index (χ4v) is 1.39. The van der Waals surface area contributed by atoms with Crippen LogP contribution >= 0.6 is 0 Å². The van der Waals surface area contributed by atoms with Crippen LogP contribution in [0.2, 0.25) is 0 Å². The van der Waals surface area contributed by atoms with E-state index in [4.69, 9.17) is 0 Å². The molecule has 0 atom stereocenters. The first-order chi connectivity index (χ1) is 5.77. The molecule has 0 radical (unpaired) electrons. The van der Waals surface area contributed by atoms with Crippen LogP contribution in [0.3, 0.4) is 0 Å². The van der Waals surface area contributed by atoms with Crippen LogP contribution in [-0.4, -0.2) is 9.78 Å². The third kappa shape index (κ3) is 1.87. The van der Waals surface area contributed by atoms with Crippen molar-refractivity contribution in [3.63, 3.8) is 0 Å². The summed E-state index contributed by atoms with van der Waals surface area (Å²) >= 11 is 0. The molecule has 1 heterocycles. The summed E-state index contributed by atoms with van der Waals surface area (Å²) in [7, 11) is 2.03. The number of nitrogens with zero attached hydrogens (tertiary/aromatic N) is 2. The molecule has 0 unspecified atom stereocenters. The molecule has 0 N–H and O–H groups in total. The van der Waals surface area contributed by atoms with Crippen molar-refractivity contribution >= 4 is 0 Å². The highest BCUT2D eigenvalue weighted by Crippen LogP contribution is 2.39. The van der Waals surface area contributed by atoms with Crippen LogP contribution in [0.25, 0.3) is 0 Å². The van der Waals surface area contributed by atoms with Gasteiger partial charge in [-0.3, -0.25) is 4.68 Å². The molecule has 1 aromatic heterocycles. The molecule has 1 fully saturated rings. The summed E-state index contributed by atoms with van der Waals surface area (Å²) in [6.45, 7) is 6.05. The lowest BCUT2D eigenvalue weighted by Crippen LogP contribution is -1.95. The maximum absolute atomic E-state index is 4.29. The quantitative estimate of drug-likeness (QED) is 0.627. The zero-order valence-electron chi connectivity index (χ0n) is 8.46. The number of hydrogen-bond acceptors (Lipinski definition) is 1. The second-order valence-corrected chi connectivity index (χ2v) is 3.11. The van der Waals surface area contributed by atoms with Crippen LogP contribution in [0.4, 0.5) is 0 Å². The van der Waals surface area contributed by atoms with Crippen molar-refractivity contribution in [1.29, 1.82) is 0 Å². The number of rotatable bonds is 1. The van der Waals surface area contributed by atoms with Crippen LogP contribution < -0.4 is 0 Å². The summed E-state index contributed by atoms with van der Waals surface area (Å²) in [5, 5.41) is 4.29. The van der Waals surface area contributed by atoms with Gasteiger partial charge in [0.05, 0.1) is 5.69 Å². The van der Waals surface area contributed by atoms with Gasteiger partial charge in [-0.05, 0) is 25.8 Å². The van der Waals surface area contributed by atoms with Crippen molar-refractivity contribution < 1.29 is 0 Å². The minimum Gasteiger partial charge on any atom is -0.272 e. The molecule has 0 aliphatic heterocycles. The fraction of sp³-hybridized carbons (Fsp3) is 0.700. The lowest BCUT2D eigenvalue weighted by atomic mass is 10.3. The normalized spacial score (nSPS) is 15.3. The highest BCUT2D eigenvalue weighted by molar-refractivity contribution is 5.17. The van der Waals surface area contributed by atoms with E-state index in [2.05, 4.69) is 11.2 Å². The molecule has 12 heavy (non-hydrogen) atoms. The van der Waals surface area contributed by atoms with E-state index in [9.17, 15) is 0 Å². The van der Waals surface area contributed by atoms with Crippen molar-refractivity contribution in [1.82, 2.24) is 9.78 Å². The third-order valence-electron chi connectivity index (χ3n) is 2.03. The number of aryl methyl sites for hydroxylation is 2. The molecular formula is C10H18N2. The topological polar surface area (TPSA) is 17.8 Å². The molecule has 0 saturated heterocycles. The Hall–Kier alpha value is -0.790. The second-order valence-electron chi connectivity index (χ2n) is 3.11. The minimum absolute atomic E-state index is 0.825. The molecule has 0 spiro atoms. The Kier molecular flexibility index (Phi) is 2.90. The lowest BCUT2D eigenvalue weighted by molar-refractivity contribution is 0.707. The largest absolute Gasteiger partial charge is 0.272 e. The summed E-state index contributed by atoms with van der Waals surface area (Å²) in [5.74, 6) is 0.825. The van der Waals surface area contributed by atoms with Gasteiger partial charge in [-0.1, -0.05) is 13.8 Å². The highest BCUT2D eigenvalue weighted by atomic mass is 15.3.